The van der Waals surface area contributed by atoms with Crippen LogP contribution in [0, 0.1) is 46.3 Å². The zero-order valence-corrected chi connectivity index (χ0v) is 22.4. The van der Waals surface area contributed by atoms with Crippen LogP contribution >= 0.6 is 0 Å². The molecule has 1 N–H and O–H groups in total. The molecule has 0 aliphatic heterocycles. The van der Waals surface area contributed by atoms with E-state index in [-0.39, 0.29) is 11.5 Å². The molecule has 0 spiro atoms. The summed E-state index contributed by atoms with van der Waals surface area (Å²) in [5.41, 5.74) is 2.28. The fourth-order valence-corrected chi connectivity index (χ4v) is 9.38. The van der Waals surface area contributed by atoms with Crippen LogP contribution in [0.1, 0.15) is 111 Å². The molecular weight excluding hydrogens is 420 g/mol. The number of fused-ring (bicyclic) bond motifs is 5. The monoisotopic (exact) mass is 470 g/mol. The van der Waals surface area contributed by atoms with Crippen molar-refractivity contribution in [1.29, 1.82) is 0 Å². The Morgan fingerprint density at radius 1 is 1.15 bits per heavy atom. The fourth-order valence-electron chi connectivity index (χ4n) is 9.38. The maximum atomic E-state index is 11.1. The molecule has 3 fully saturated rings. The molecule has 3 heteroatoms. The Morgan fingerprint density at radius 3 is 2.68 bits per heavy atom. The van der Waals surface area contributed by atoms with E-state index in [2.05, 4.69) is 46.4 Å². The molecule has 0 bridgehead atoms. The lowest BCUT2D eigenvalue weighted by atomic mass is 9.47. The summed E-state index contributed by atoms with van der Waals surface area (Å²) in [5, 5.41) is 9.08. The van der Waals surface area contributed by atoms with Crippen molar-refractivity contribution < 1.29 is 14.6 Å². The second kappa shape index (κ2) is 10.4. The first-order chi connectivity index (χ1) is 16.2. The number of rotatable bonds is 9. The molecule has 3 saturated carbocycles. The van der Waals surface area contributed by atoms with Crippen LogP contribution in [0.3, 0.4) is 0 Å². The van der Waals surface area contributed by atoms with Crippen LogP contribution in [-0.2, 0) is 4.74 Å². The molecule has 192 valence electrons. The summed E-state index contributed by atoms with van der Waals surface area (Å²) in [6.07, 6.45) is 19.5. The molecule has 0 amide bonds. The normalized spacial score (nSPS) is 40.8. The Labute approximate surface area is 208 Å². The highest BCUT2D eigenvalue weighted by atomic mass is 16.7. The quantitative estimate of drug-likeness (QED) is 0.270. The predicted molar refractivity (Wildman–Crippen MR) is 140 cm³/mol. The van der Waals surface area contributed by atoms with E-state index in [0.717, 1.165) is 61.2 Å². The van der Waals surface area contributed by atoms with Crippen LogP contribution in [0.5, 0.6) is 0 Å². The van der Waals surface area contributed by atoms with Crippen LogP contribution in [-0.4, -0.2) is 17.4 Å². The van der Waals surface area contributed by atoms with Gasteiger partial charge in [0.05, 0.1) is 0 Å². The Balaban J connectivity index is 1.39. The summed E-state index contributed by atoms with van der Waals surface area (Å²) in [6, 6.07) is 0. The Bertz CT molecular complexity index is 771. The van der Waals surface area contributed by atoms with E-state index in [1.165, 1.54) is 63.4 Å². The van der Waals surface area contributed by atoms with Gasteiger partial charge in [-0.15, -0.1) is 6.58 Å². The van der Waals surface area contributed by atoms with Crippen molar-refractivity contribution in [1.82, 2.24) is 0 Å². The summed E-state index contributed by atoms with van der Waals surface area (Å²) in [5.74, 6) is 5.02. The highest BCUT2D eigenvalue weighted by molar-refractivity contribution is 5.57. The molecule has 0 heterocycles. The lowest BCUT2D eigenvalue weighted by Crippen LogP contribution is -2.51. The van der Waals surface area contributed by atoms with Gasteiger partial charge in [0.1, 0.15) is 6.10 Å². The van der Waals surface area contributed by atoms with E-state index in [1.807, 2.05) is 0 Å². The number of ether oxygens (including phenoxy) is 1. The average molecular weight is 471 g/mol. The zero-order valence-electron chi connectivity index (χ0n) is 22.4. The summed E-state index contributed by atoms with van der Waals surface area (Å²) in [7, 11) is 0. The van der Waals surface area contributed by atoms with Crippen LogP contribution in [0.2, 0.25) is 0 Å². The standard InChI is InChI=1S/C31H50O3/c1-6-7-9-21(2)10-8-11-22(3)26-14-15-27-25-13-12-23-20-24(34-29(32)33)16-18-30(23,4)28(25)17-19-31(26,27)5/h6,12,21-22,24-28H,1,7-11,13-20H2,2-5H3,(H,32,33)/t21?,22-,24+,25+,26-,27+,28+,30+,31-/m1/s1. The van der Waals surface area contributed by atoms with Crippen molar-refractivity contribution in [2.24, 2.45) is 46.3 Å². The molecule has 4 aliphatic rings. The van der Waals surface area contributed by atoms with Gasteiger partial charge in [-0.1, -0.05) is 64.7 Å². The van der Waals surface area contributed by atoms with E-state index < -0.39 is 6.16 Å². The third-order valence-corrected chi connectivity index (χ3v) is 11.3. The van der Waals surface area contributed by atoms with Gasteiger partial charge >= 0.3 is 6.16 Å². The number of hydrogen-bond donors (Lipinski definition) is 1. The van der Waals surface area contributed by atoms with Crippen LogP contribution in [0.25, 0.3) is 0 Å². The second-order valence-corrected chi connectivity index (χ2v) is 13.1. The number of hydrogen-bond acceptors (Lipinski definition) is 2. The molecule has 0 radical (unpaired) electrons. The summed E-state index contributed by atoms with van der Waals surface area (Å²) in [4.78, 5) is 11.1. The molecule has 0 aromatic carbocycles. The third kappa shape index (κ3) is 4.87. The topological polar surface area (TPSA) is 46.5 Å². The van der Waals surface area contributed by atoms with E-state index in [1.54, 1.807) is 0 Å². The number of carbonyl (C=O) groups is 1. The smallest absolute Gasteiger partial charge is 0.450 e. The van der Waals surface area contributed by atoms with Crippen molar-refractivity contribution >= 4 is 6.16 Å². The number of allylic oxidation sites excluding steroid dienone is 2. The molecule has 0 saturated heterocycles. The highest BCUT2D eigenvalue weighted by Gasteiger charge is 2.59. The molecule has 0 aromatic rings. The van der Waals surface area contributed by atoms with Crippen molar-refractivity contribution in [2.75, 3.05) is 0 Å². The minimum Gasteiger partial charge on any atom is -0.450 e. The Hall–Kier alpha value is -1.25. The number of carboxylic acid groups (broad SMARTS) is 1. The minimum atomic E-state index is -1.12. The lowest BCUT2D eigenvalue weighted by molar-refractivity contribution is -0.0601. The molecule has 4 rings (SSSR count). The molecule has 9 atom stereocenters. The average Bonchev–Trinajstić information content (AvgIpc) is 3.15. The molecule has 3 nitrogen and oxygen atoms in total. The second-order valence-electron chi connectivity index (χ2n) is 13.1. The largest absolute Gasteiger partial charge is 0.506 e. The summed E-state index contributed by atoms with van der Waals surface area (Å²) < 4.78 is 5.18. The van der Waals surface area contributed by atoms with Gasteiger partial charge < -0.3 is 9.84 Å². The van der Waals surface area contributed by atoms with Gasteiger partial charge in [-0.3, -0.25) is 0 Å². The maximum absolute atomic E-state index is 11.1. The summed E-state index contributed by atoms with van der Waals surface area (Å²) >= 11 is 0. The van der Waals surface area contributed by atoms with E-state index in [4.69, 9.17) is 9.84 Å². The first-order valence-corrected chi connectivity index (χ1v) is 14.4. The van der Waals surface area contributed by atoms with Gasteiger partial charge in [-0.05, 0) is 104 Å². The Morgan fingerprint density at radius 2 is 1.94 bits per heavy atom. The van der Waals surface area contributed by atoms with E-state index >= 15 is 0 Å². The Kier molecular flexibility index (Phi) is 7.89. The molecule has 1 unspecified atom stereocenters. The molecule has 4 aliphatic carbocycles. The van der Waals surface area contributed by atoms with Crippen molar-refractivity contribution in [3.8, 4) is 0 Å². The van der Waals surface area contributed by atoms with Gasteiger partial charge in [0, 0.05) is 6.42 Å². The van der Waals surface area contributed by atoms with Gasteiger partial charge in [-0.2, -0.15) is 0 Å². The third-order valence-electron chi connectivity index (χ3n) is 11.3. The maximum Gasteiger partial charge on any atom is 0.506 e. The van der Waals surface area contributed by atoms with Crippen molar-refractivity contribution in [2.45, 2.75) is 117 Å². The van der Waals surface area contributed by atoms with Crippen LogP contribution in [0.4, 0.5) is 4.79 Å². The first kappa shape index (κ1) is 25.8. The molecule has 34 heavy (non-hydrogen) atoms. The first-order valence-electron chi connectivity index (χ1n) is 14.4. The molecule has 0 aromatic heterocycles. The van der Waals surface area contributed by atoms with Gasteiger partial charge in [0.15, 0.2) is 0 Å². The minimum absolute atomic E-state index is 0.140. The zero-order chi connectivity index (χ0) is 24.5. The highest BCUT2D eigenvalue weighted by Crippen LogP contribution is 2.67. The van der Waals surface area contributed by atoms with E-state index in [9.17, 15) is 4.79 Å². The predicted octanol–water partition coefficient (Wildman–Crippen LogP) is 9.04. The molecular formula is C31H50O3. The lowest BCUT2D eigenvalue weighted by Gasteiger charge is -2.58. The fraction of sp³-hybridized carbons (Fsp3) is 0.839. The van der Waals surface area contributed by atoms with Crippen LogP contribution in [0.15, 0.2) is 24.3 Å². The van der Waals surface area contributed by atoms with Gasteiger partial charge in [0.2, 0.25) is 0 Å². The van der Waals surface area contributed by atoms with Crippen LogP contribution < -0.4 is 0 Å². The van der Waals surface area contributed by atoms with Gasteiger partial charge in [0.25, 0.3) is 0 Å². The van der Waals surface area contributed by atoms with Crippen molar-refractivity contribution in [3.05, 3.63) is 24.3 Å². The van der Waals surface area contributed by atoms with Crippen molar-refractivity contribution in [3.63, 3.8) is 0 Å². The van der Waals surface area contributed by atoms with E-state index in [0.29, 0.717) is 5.41 Å². The van der Waals surface area contributed by atoms with Gasteiger partial charge in [-0.25, -0.2) is 4.79 Å². The SMILES string of the molecule is C=CCCC(C)CCC[C@@H](C)[C@H]1CC[C@H]2[C@@H]3CC=C4C[C@@H](OC(=O)O)CC[C@]4(C)[C@H]3CC[C@]12C. The summed E-state index contributed by atoms with van der Waals surface area (Å²) in [6.45, 7) is 14.0.